The van der Waals surface area contributed by atoms with Crippen LogP contribution in [0.2, 0.25) is 0 Å². The van der Waals surface area contributed by atoms with Gasteiger partial charge in [-0.3, -0.25) is 9.59 Å². The summed E-state index contributed by atoms with van der Waals surface area (Å²) < 4.78 is 5.36. The highest BCUT2D eigenvalue weighted by Crippen LogP contribution is 2.15. The van der Waals surface area contributed by atoms with Gasteiger partial charge in [-0.25, -0.2) is 0 Å². The maximum Gasteiger partial charge on any atom is 0.309 e. The first kappa shape index (κ1) is 18.7. The maximum absolute atomic E-state index is 12.0. The van der Waals surface area contributed by atoms with E-state index in [0.29, 0.717) is 19.3 Å². The summed E-state index contributed by atoms with van der Waals surface area (Å²) in [5, 5.41) is 2.91. The topological polar surface area (TPSA) is 55.4 Å². The monoisotopic (exact) mass is 315 g/mol. The zero-order chi connectivity index (χ0) is 17.1. The Balaban J connectivity index is 2.68. The summed E-state index contributed by atoms with van der Waals surface area (Å²) in [5.74, 6) is -0.611. The number of benzene rings is 1. The quantitative estimate of drug-likeness (QED) is 0.530. The molecule has 4 nitrogen and oxygen atoms in total. The van der Waals surface area contributed by atoms with Crippen LogP contribution in [-0.4, -0.2) is 18.5 Å². The van der Waals surface area contributed by atoms with E-state index in [9.17, 15) is 9.59 Å². The molecular weight excluding hydrogens is 290 g/mol. The number of rotatable bonds is 10. The maximum atomic E-state index is 12.0. The smallest absolute Gasteiger partial charge is 0.309 e. The van der Waals surface area contributed by atoms with Crippen molar-refractivity contribution in [3.8, 4) is 0 Å². The summed E-state index contributed by atoms with van der Waals surface area (Å²) in [6.07, 6.45) is 4.95. The molecule has 0 saturated carbocycles. The van der Waals surface area contributed by atoms with Crippen LogP contribution in [0.5, 0.6) is 0 Å². The lowest BCUT2D eigenvalue weighted by Gasteiger charge is -2.20. The molecular formula is C19H25NO3. The summed E-state index contributed by atoms with van der Waals surface area (Å²) in [5.41, 5.74) is 0.906. The van der Waals surface area contributed by atoms with Crippen molar-refractivity contribution in [2.24, 2.45) is 5.92 Å². The van der Waals surface area contributed by atoms with E-state index in [1.165, 1.54) is 0 Å². The van der Waals surface area contributed by atoms with Gasteiger partial charge in [-0.2, -0.15) is 0 Å². The van der Waals surface area contributed by atoms with Gasteiger partial charge in [0.25, 0.3) is 0 Å². The average molecular weight is 315 g/mol. The van der Waals surface area contributed by atoms with E-state index in [1.54, 1.807) is 19.1 Å². The Morgan fingerprint density at radius 3 is 2.52 bits per heavy atom. The van der Waals surface area contributed by atoms with Gasteiger partial charge in [0.1, 0.15) is 6.61 Å². The van der Waals surface area contributed by atoms with Gasteiger partial charge in [0.05, 0.1) is 12.0 Å². The summed E-state index contributed by atoms with van der Waals surface area (Å²) in [6.45, 7) is 9.14. The fourth-order valence-electron chi connectivity index (χ4n) is 2.06. The van der Waals surface area contributed by atoms with Crippen molar-refractivity contribution in [1.29, 1.82) is 0 Å². The molecule has 1 rings (SSSR count). The molecule has 124 valence electrons. The molecule has 1 N–H and O–H groups in total. The van der Waals surface area contributed by atoms with Crippen molar-refractivity contribution >= 4 is 11.9 Å². The molecule has 0 spiro atoms. The lowest BCUT2D eigenvalue weighted by molar-refractivity contribution is -0.149. The van der Waals surface area contributed by atoms with Crippen LogP contribution in [0, 0.1) is 5.92 Å². The first-order chi connectivity index (χ1) is 11.1. The zero-order valence-corrected chi connectivity index (χ0v) is 13.7. The predicted octanol–water partition coefficient (Wildman–Crippen LogP) is 3.57. The van der Waals surface area contributed by atoms with Crippen molar-refractivity contribution in [2.45, 2.75) is 32.2 Å². The minimum atomic E-state index is -0.353. The van der Waals surface area contributed by atoms with E-state index in [1.807, 2.05) is 30.3 Å². The number of hydrogen-bond donors (Lipinski definition) is 1. The van der Waals surface area contributed by atoms with Gasteiger partial charge >= 0.3 is 5.97 Å². The third-order valence-corrected chi connectivity index (χ3v) is 3.43. The van der Waals surface area contributed by atoms with Crippen LogP contribution in [0.4, 0.5) is 0 Å². The fraction of sp³-hybridized carbons (Fsp3) is 0.368. The lowest BCUT2D eigenvalue weighted by Crippen LogP contribution is -2.32. The molecule has 0 radical (unpaired) electrons. The molecule has 0 unspecified atom stereocenters. The van der Waals surface area contributed by atoms with Crippen molar-refractivity contribution in [2.75, 3.05) is 6.61 Å². The number of carbonyl (C=O) groups excluding carboxylic acids is 2. The highest BCUT2D eigenvalue weighted by Gasteiger charge is 2.19. The number of allylic oxidation sites excluding steroid dienone is 2. The largest absolute Gasteiger partial charge is 0.463 e. The van der Waals surface area contributed by atoms with Crippen LogP contribution in [0.25, 0.3) is 0 Å². The average Bonchev–Trinajstić information content (AvgIpc) is 2.57. The molecule has 0 aliphatic carbocycles. The van der Waals surface area contributed by atoms with Crippen LogP contribution >= 0.6 is 0 Å². The minimum absolute atomic E-state index is 0.0889. The van der Waals surface area contributed by atoms with Crippen molar-refractivity contribution < 1.29 is 14.3 Å². The summed E-state index contributed by atoms with van der Waals surface area (Å²) in [7, 11) is 0. The first-order valence-electron chi connectivity index (χ1n) is 7.81. The van der Waals surface area contributed by atoms with E-state index in [0.717, 1.165) is 5.56 Å². The number of esters is 1. The lowest BCUT2D eigenvalue weighted by atomic mass is 10.1. The Bertz CT molecular complexity index is 525. The number of hydrogen-bond acceptors (Lipinski definition) is 3. The number of carbonyl (C=O) groups is 2. The van der Waals surface area contributed by atoms with E-state index >= 15 is 0 Å². The van der Waals surface area contributed by atoms with E-state index in [2.05, 4.69) is 18.5 Å². The summed E-state index contributed by atoms with van der Waals surface area (Å²) in [6, 6.07) is 9.13. The molecule has 0 saturated heterocycles. The second-order valence-electron chi connectivity index (χ2n) is 5.41. The van der Waals surface area contributed by atoms with Gasteiger partial charge in [0.2, 0.25) is 5.91 Å². The molecule has 0 aliphatic rings. The fourth-order valence-corrected chi connectivity index (χ4v) is 2.06. The van der Waals surface area contributed by atoms with Crippen LogP contribution in [-0.2, 0) is 14.3 Å². The molecule has 23 heavy (non-hydrogen) atoms. The summed E-state index contributed by atoms with van der Waals surface area (Å²) in [4.78, 5) is 23.9. The molecule has 0 bridgehead atoms. The minimum Gasteiger partial charge on any atom is -0.463 e. The standard InChI is InChI=1S/C19H25NO3/c1-4-6-13-18(21)20-17(16-11-8-7-9-12-16)14-23-19(22)15(3)10-5-2/h4-5,7-9,11-12,15,17H,1-2,6,10,13-14H2,3H3,(H,20,21)/t15-,17+/m0/s1. The van der Waals surface area contributed by atoms with Gasteiger partial charge in [-0.15, -0.1) is 13.2 Å². The SMILES string of the molecule is C=CCCC(=O)N[C@H](COC(=O)[C@@H](C)CC=C)c1ccccc1. The second kappa shape index (κ2) is 10.4. The second-order valence-corrected chi connectivity index (χ2v) is 5.41. The van der Waals surface area contributed by atoms with Crippen LogP contribution in [0.3, 0.4) is 0 Å². The Morgan fingerprint density at radius 1 is 1.22 bits per heavy atom. The number of amides is 1. The Morgan fingerprint density at radius 2 is 1.91 bits per heavy atom. The summed E-state index contributed by atoms with van der Waals surface area (Å²) >= 11 is 0. The van der Waals surface area contributed by atoms with E-state index < -0.39 is 0 Å². The highest BCUT2D eigenvalue weighted by atomic mass is 16.5. The van der Waals surface area contributed by atoms with E-state index in [-0.39, 0.29) is 30.4 Å². The van der Waals surface area contributed by atoms with Crippen molar-refractivity contribution in [3.05, 3.63) is 61.2 Å². The van der Waals surface area contributed by atoms with Gasteiger partial charge in [-0.1, -0.05) is 49.4 Å². The molecule has 1 aromatic carbocycles. The number of ether oxygens (including phenoxy) is 1. The van der Waals surface area contributed by atoms with Gasteiger partial charge < -0.3 is 10.1 Å². The molecule has 0 aliphatic heterocycles. The van der Waals surface area contributed by atoms with Crippen molar-refractivity contribution in [1.82, 2.24) is 5.32 Å². The zero-order valence-electron chi connectivity index (χ0n) is 13.7. The number of nitrogens with one attached hydrogen (secondary N) is 1. The van der Waals surface area contributed by atoms with Gasteiger partial charge in [0, 0.05) is 6.42 Å². The van der Waals surface area contributed by atoms with Gasteiger partial charge in [-0.05, 0) is 18.4 Å². The van der Waals surface area contributed by atoms with Gasteiger partial charge in [0.15, 0.2) is 0 Å². The highest BCUT2D eigenvalue weighted by molar-refractivity contribution is 5.76. The Labute approximate surface area is 138 Å². The third kappa shape index (κ3) is 6.96. The molecule has 4 heteroatoms. The first-order valence-corrected chi connectivity index (χ1v) is 7.81. The molecule has 0 heterocycles. The Kier molecular flexibility index (Phi) is 8.43. The predicted molar refractivity (Wildman–Crippen MR) is 91.7 cm³/mol. The molecule has 1 amide bonds. The van der Waals surface area contributed by atoms with Crippen molar-refractivity contribution in [3.63, 3.8) is 0 Å². The molecule has 0 fully saturated rings. The molecule has 0 aromatic heterocycles. The molecule has 1 aromatic rings. The van der Waals surface area contributed by atoms with E-state index in [4.69, 9.17) is 4.74 Å². The van der Waals surface area contributed by atoms with Crippen LogP contribution in [0.15, 0.2) is 55.6 Å². The van der Waals surface area contributed by atoms with Crippen LogP contribution in [0.1, 0.15) is 37.8 Å². The van der Waals surface area contributed by atoms with Crippen LogP contribution < -0.4 is 5.32 Å². The Hall–Kier alpha value is -2.36. The normalized spacial score (nSPS) is 12.7. The third-order valence-electron chi connectivity index (χ3n) is 3.43. The molecule has 2 atom stereocenters.